The molecule has 3 nitrogen and oxygen atoms in total. The fourth-order valence-corrected chi connectivity index (χ4v) is 9.12. The van der Waals surface area contributed by atoms with Gasteiger partial charge in [0.1, 0.15) is 0 Å². The Morgan fingerprint density at radius 1 is 0.846 bits per heavy atom. The van der Waals surface area contributed by atoms with Gasteiger partial charge in [-0.2, -0.15) is 0 Å². The molecule has 186 valence electrons. The molecule has 3 aromatic carbocycles. The summed E-state index contributed by atoms with van der Waals surface area (Å²) in [7, 11) is 0. The smallest absolute Gasteiger partial charge is 0.263 e. The molecule has 0 atom stereocenters. The highest BCUT2D eigenvalue weighted by Gasteiger charge is 2.36. The van der Waals surface area contributed by atoms with E-state index in [-0.39, 0.29) is 11.1 Å². The Kier molecular flexibility index (Phi) is 5.47. The molecule has 0 unspecified atom stereocenters. The Bertz CT molecular complexity index is 1970. The highest BCUT2D eigenvalue weighted by atomic mass is 32.1. The molecular weight excluding hydrogens is 535 g/mol. The lowest BCUT2D eigenvalue weighted by atomic mass is 9.73. The standard InChI is InChI=1S/C33H21N3S3/c1-33(2)24-8-4-6-10-26(24)36(27-11-7-5-9-25(27)33)21-12-14-23-29(17-21)38-31-18-30(39-32(23)31)28-15-13-22(37-28)16-20(19-34)35-3/h4-18H,1-2H3/b20-16-. The van der Waals surface area contributed by atoms with Crippen molar-refractivity contribution < 1.29 is 0 Å². The normalized spacial score (nSPS) is 14.2. The van der Waals surface area contributed by atoms with E-state index in [4.69, 9.17) is 11.8 Å². The van der Waals surface area contributed by atoms with E-state index >= 15 is 0 Å². The van der Waals surface area contributed by atoms with Crippen LogP contribution in [0.4, 0.5) is 17.1 Å². The van der Waals surface area contributed by atoms with Gasteiger partial charge in [-0.25, -0.2) is 10.1 Å². The second kappa shape index (κ2) is 8.93. The third kappa shape index (κ3) is 3.72. The molecule has 0 spiro atoms. The predicted octanol–water partition coefficient (Wildman–Crippen LogP) is 10.7. The largest absolute Gasteiger partial charge is 0.310 e. The van der Waals surface area contributed by atoms with Crippen LogP contribution >= 0.6 is 34.0 Å². The van der Waals surface area contributed by atoms with Crippen molar-refractivity contribution >= 4 is 76.6 Å². The van der Waals surface area contributed by atoms with Crippen molar-refractivity contribution in [2.45, 2.75) is 19.3 Å². The van der Waals surface area contributed by atoms with Crippen molar-refractivity contribution in [1.29, 1.82) is 5.26 Å². The number of rotatable bonds is 3. The zero-order chi connectivity index (χ0) is 26.7. The molecular formula is C33H21N3S3. The highest BCUT2D eigenvalue weighted by molar-refractivity contribution is 7.35. The van der Waals surface area contributed by atoms with Crippen molar-refractivity contribution in [2.24, 2.45) is 0 Å². The first-order valence-corrected chi connectivity index (χ1v) is 15.0. The lowest BCUT2D eigenvalue weighted by Crippen LogP contribution is -2.30. The van der Waals surface area contributed by atoms with E-state index in [9.17, 15) is 0 Å². The van der Waals surface area contributed by atoms with Crippen molar-refractivity contribution in [3.63, 3.8) is 0 Å². The molecule has 0 saturated heterocycles. The molecule has 0 radical (unpaired) electrons. The van der Waals surface area contributed by atoms with E-state index < -0.39 is 0 Å². The van der Waals surface area contributed by atoms with Gasteiger partial charge in [-0.1, -0.05) is 56.3 Å². The molecule has 4 heterocycles. The van der Waals surface area contributed by atoms with Crippen molar-refractivity contribution in [3.8, 4) is 15.8 Å². The number of nitrogens with zero attached hydrogens (tertiary/aromatic N) is 3. The maximum atomic E-state index is 9.07. The number of hydrogen-bond acceptors (Lipinski definition) is 5. The summed E-state index contributed by atoms with van der Waals surface area (Å²) in [6.07, 6.45) is 1.66. The van der Waals surface area contributed by atoms with Crippen LogP contribution in [0.25, 0.3) is 40.2 Å². The number of anilines is 3. The van der Waals surface area contributed by atoms with Crippen molar-refractivity contribution in [2.75, 3.05) is 4.90 Å². The van der Waals surface area contributed by atoms with E-state index in [1.54, 1.807) is 17.4 Å². The van der Waals surface area contributed by atoms with Crippen molar-refractivity contribution in [3.05, 3.63) is 118 Å². The summed E-state index contributed by atoms with van der Waals surface area (Å²) in [6.45, 7) is 11.7. The summed E-state index contributed by atoms with van der Waals surface area (Å²) in [6, 6.07) is 32.7. The number of hydrogen-bond donors (Lipinski definition) is 0. The summed E-state index contributed by atoms with van der Waals surface area (Å²) in [4.78, 5) is 8.99. The van der Waals surface area contributed by atoms with Crippen LogP contribution in [0.3, 0.4) is 0 Å². The number of thiophene rings is 3. The van der Waals surface area contributed by atoms with Gasteiger partial charge in [-0.05, 0) is 59.7 Å². The fraction of sp³-hybridized carbons (Fsp3) is 0.0909. The average Bonchev–Trinajstić information content (AvgIpc) is 3.66. The van der Waals surface area contributed by atoms with E-state index in [0.717, 1.165) is 9.75 Å². The minimum Gasteiger partial charge on any atom is -0.310 e. The monoisotopic (exact) mass is 555 g/mol. The first kappa shape index (κ1) is 23.9. The number of para-hydroxylation sites is 2. The third-order valence-corrected chi connectivity index (χ3v) is 11.0. The quantitative estimate of drug-likeness (QED) is 0.161. The van der Waals surface area contributed by atoms with E-state index in [0.29, 0.717) is 0 Å². The molecule has 39 heavy (non-hydrogen) atoms. The average molecular weight is 556 g/mol. The maximum Gasteiger partial charge on any atom is 0.263 e. The van der Waals surface area contributed by atoms with Crippen LogP contribution in [0.15, 0.2) is 90.6 Å². The summed E-state index contributed by atoms with van der Waals surface area (Å²) >= 11 is 5.26. The summed E-state index contributed by atoms with van der Waals surface area (Å²) in [5, 5.41) is 10.4. The van der Waals surface area contributed by atoms with Gasteiger partial charge >= 0.3 is 0 Å². The molecule has 1 aliphatic heterocycles. The first-order chi connectivity index (χ1) is 19.0. The second-order valence-electron chi connectivity index (χ2n) is 10.0. The minimum atomic E-state index is -0.0701. The van der Waals surface area contributed by atoms with Gasteiger partial charge in [0.15, 0.2) is 0 Å². The van der Waals surface area contributed by atoms with Crippen LogP contribution in [-0.4, -0.2) is 0 Å². The molecule has 6 aromatic rings. The van der Waals surface area contributed by atoms with Crippen LogP contribution in [0, 0.1) is 17.9 Å². The Morgan fingerprint density at radius 2 is 1.56 bits per heavy atom. The Morgan fingerprint density at radius 3 is 2.26 bits per heavy atom. The Labute approximate surface area is 239 Å². The zero-order valence-electron chi connectivity index (χ0n) is 21.2. The van der Waals surface area contributed by atoms with Gasteiger partial charge in [0, 0.05) is 40.5 Å². The highest BCUT2D eigenvalue weighted by Crippen LogP contribution is 2.53. The SMILES string of the molecule is [C-]#[N+]/C(C#N)=C\c1ccc(-c2cc3sc4cc(N5c6ccccc6C(C)(C)c6ccccc65)ccc4c3s2)s1. The molecule has 0 bridgehead atoms. The van der Waals surface area contributed by atoms with Gasteiger partial charge in [0.05, 0.1) is 28.7 Å². The molecule has 6 heteroatoms. The third-order valence-electron chi connectivity index (χ3n) is 7.41. The van der Waals surface area contributed by atoms with Gasteiger partial charge < -0.3 is 4.90 Å². The first-order valence-electron chi connectivity index (χ1n) is 12.5. The van der Waals surface area contributed by atoms with Crippen LogP contribution in [0.5, 0.6) is 0 Å². The minimum absolute atomic E-state index is 0.0701. The Hall–Kier alpha value is -4.20. The number of benzene rings is 3. The molecule has 1 aliphatic rings. The van der Waals surface area contributed by atoms with Crippen LogP contribution in [0.1, 0.15) is 29.9 Å². The van der Waals surface area contributed by atoms with Gasteiger partial charge in [-0.3, -0.25) is 0 Å². The maximum absolute atomic E-state index is 9.07. The van der Waals surface area contributed by atoms with E-state index in [2.05, 4.69) is 102 Å². The predicted molar refractivity (Wildman–Crippen MR) is 168 cm³/mol. The molecule has 0 fully saturated rings. The lowest BCUT2D eigenvalue weighted by Gasteiger charge is -2.42. The second-order valence-corrected chi connectivity index (χ2v) is 13.3. The topological polar surface area (TPSA) is 31.4 Å². The van der Waals surface area contributed by atoms with Crippen LogP contribution in [-0.2, 0) is 5.41 Å². The Balaban J connectivity index is 1.31. The molecule has 0 aliphatic carbocycles. The summed E-state index contributed by atoms with van der Waals surface area (Å²) in [5.41, 5.74) is 6.37. The summed E-state index contributed by atoms with van der Waals surface area (Å²) < 4.78 is 3.87. The molecule has 7 rings (SSSR count). The van der Waals surface area contributed by atoms with Crippen molar-refractivity contribution in [1.82, 2.24) is 0 Å². The zero-order valence-corrected chi connectivity index (χ0v) is 23.7. The van der Waals surface area contributed by atoms with Gasteiger partial charge in [-0.15, -0.1) is 34.0 Å². The number of allylic oxidation sites excluding steroid dienone is 1. The molecule has 3 aromatic heterocycles. The molecule has 0 amide bonds. The fourth-order valence-electron chi connectivity index (χ4n) is 5.53. The molecule has 0 saturated carbocycles. The van der Waals surface area contributed by atoms with Gasteiger partial charge in [0.2, 0.25) is 0 Å². The van der Waals surface area contributed by atoms with Crippen LogP contribution < -0.4 is 4.90 Å². The van der Waals surface area contributed by atoms with Crippen LogP contribution in [0.2, 0.25) is 0 Å². The van der Waals surface area contributed by atoms with E-state index in [1.165, 1.54) is 52.6 Å². The molecule has 0 N–H and O–H groups in total. The van der Waals surface area contributed by atoms with Gasteiger partial charge in [0.25, 0.3) is 5.70 Å². The number of nitriles is 1. The van der Waals surface area contributed by atoms with E-state index in [1.807, 2.05) is 34.8 Å². The number of fused-ring (bicyclic) bond motifs is 5. The summed E-state index contributed by atoms with van der Waals surface area (Å²) in [5.74, 6) is 0. The lowest BCUT2D eigenvalue weighted by molar-refractivity contribution is 0.632.